The van der Waals surface area contributed by atoms with Crippen molar-refractivity contribution in [3.05, 3.63) is 66.0 Å². The van der Waals surface area contributed by atoms with Gasteiger partial charge in [-0.05, 0) is 30.5 Å². The van der Waals surface area contributed by atoms with Crippen LogP contribution in [-0.4, -0.2) is 11.9 Å². The fraction of sp³-hybridized carbons (Fsp3) is 0.188. The first-order chi connectivity index (χ1) is 9.66. The number of hydrogen-bond acceptors (Lipinski definition) is 2. The van der Waals surface area contributed by atoms with Crippen LogP contribution in [0.25, 0.3) is 0 Å². The number of benzene rings is 2. The number of carbonyl (C=O) groups excluding carboxylic acids is 1. The zero-order valence-corrected chi connectivity index (χ0v) is 11.1. The highest BCUT2D eigenvalue weighted by Crippen LogP contribution is 2.15. The van der Waals surface area contributed by atoms with Crippen LogP contribution in [0.1, 0.15) is 12.0 Å². The Morgan fingerprint density at radius 2 is 1.75 bits per heavy atom. The zero-order chi connectivity index (χ0) is 14.4. The van der Waals surface area contributed by atoms with Crippen molar-refractivity contribution in [2.45, 2.75) is 18.9 Å². The molecule has 4 heteroatoms. The van der Waals surface area contributed by atoms with Crippen LogP contribution in [0.15, 0.2) is 54.6 Å². The molecule has 2 aromatic carbocycles. The molecule has 0 aliphatic rings. The third-order valence-electron chi connectivity index (χ3n) is 3.11. The number of rotatable bonds is 6. The van der Waals surface area contributed by atoms with Crippen molar-refractivity contribution in [1.29, 1.82) is 0 Å². The second kappa shape index (κ2) is 6.70. The van der Waals surface area contributed by atoms with E-state index in [2.05, 4.69) is 5.32 Å². The van der Waals surface area contributed by atoms with E-state index < -0.39 is 17.8 Å². The molecule has 1 atom stereocenters. The highest BCUT2D eigenvalue weighted by Gasteiger charge is 2.16. The SMILES string of the molecule is NC(=O)C(CCc1ccccc1)Nc1ccccc1F. The Morgan fingerprint density at radius 1 is 1.10 bits per heavy atom. The summed E-state index contributed by atoms with van der Waals surface area (Å²) in [5, 5.41) is 2.87. The van der Waals surface area contributed by atoms with Gasteiger partial charge in [0, 0.05) is 0 Å². The largest absolute Gasteiger partial charge is 0.371 e. The van der Waals surface area contributed by atoms with E-state index >= 15 is 0 Å². The monoisotopic (exact) mass is 272 g/mol. The van der Waals surface area contributed by atoms with Gasteiger partial charge in [0.2, 0.25) is 5.91 Å². The smallest absolute Gasteiger partial charge is 0.239 e. The molecule has 3 nitrogen and oxygen atoms in total. The maximum atomic E-state index is 13.6. The van der Waals surface area contributed by atoms with Crippen LogP contribution in [0, 0.1) is 5.82 Å². The lowest BCUT2D eigenvalue weighted by molar-refractivity contribution is -0.118. The number of carbonyl (C=O) groups is 1. The summed E-state index contributed by atoms with van der Waals surface area (Å²) in [4.78, 5) is 11.5. The number of nitrogens with two attached hydrogens (primary N) is 1. The highest BCUT2D eigenvalue weighted by atomic mass is 19.1. The van der Waals surface area contributed by atoms with Gasteiger partial charge in [0.05, 0.1) is 5.69 Å². The van der Waals surface area contributed by atoms with Gasteiger partial charge in [-0.25, -0.2) is 4.39 Å². The molecule has 0 aromatic heterocycles. The minimum absolute atomic E-state index is 0.296. The van der Waals surface area contributed by atoms with Gasteiger partial charge in [-0.15, -0.1) is 0 Å². The number of hydrogen-bond donors (Lipinski definition) is 2. The molecule has 1 amide bonds. The summed E-state index contributed by atoms with van der Waals surface area (Å²) < 4.78 is 13.6. The van der Waals surface area contributed by atoms with Crippen LogP contribution in [0.5, 0.6) is 0 Å². The van der Waals surface area contributed by atoms with Crippen LogP contribution < -0.4 is 11.1 Å². The molecule has 0 radical (unpaired) electrons. The number of primary amides is 1. The minimum Gasteiger partial charge on any atom is -0.371 e. The minimum atomic E-state index is -0.591. The maximum Gasteiger partial charge on any atom is 0.239 e. The lowest BCUT2D eigenvalue weighted by Gasteiger charge is -2.17. The highest BCUT2D eigenvalue weighted by molar-refractivity contribution is 5.83. The van der Waals surface area contributed by atoms with E-state index in [0.717, 1.165) is 5.56 Å². The number of aryl methyl sites for hydroxylation is 1. The molecule has 1 unspecified atom stereocenters. The molecule has 0 spiro atoms. The quantitative estimate of drug-likeness (QED) is 0.849. The fourth-order valence-corrected chi connectivity index (χ4v) is 2.01. The first-order valence-corrected chi connectivity index (χ1v) is 6.51. The van der Waals surface area contributed by atoms with E-state index in [1.165, 1.54) is 6.07 Å². The average Bonchev–Trinajstić information content (AvgIpc) is 2.46. The molecule has 20 heavy (non-hydrogen) atoms. The first-order valence-electron chi connectivity index (χ1n) is 6.51. The van der Waals surface area contributed by atoms with Crippen LogP contribution in [-0.2, 0) is 11.2 Å². The van der Waals surface area contributed by atoms with Crippen molar-refractivity contribution >= 4 is 11.6 Å². The Morgan fingerprint density at radius 3 is 2.40 bits per heavy atom. The van der Waals surface area contributed by atoms with Gasteiger partial charge in [-0.2, -0.15) is 0 Å². The third-order valence-corrected chi connectivity index (χ3v) is 3.11. The predicted octanol–water partition coefficient (Wildman–Crippen LogP) is 2.72. The standard InChI is InChI=1S/C16H17FN2O/c17-13-8-4-5-9-14(13)19-15(16(18)20)11-10-12-6-2-1-3-7-12/h1-9,15,19H,10-11H2,(H2,18,20). The lowest BCUT2D eigenvalue weighted by atomic mass is 10.0. The van der Waals surface area contributed by atoms with Crippen molar-refractivity contribution in [2.75, 3.05) is 5.32 Å². The Balaban J connectivity index is 2.01. The molecular weight excluding hydrogens is 255 g/mol. The van der Waals surface area contributed by atoms with Crippen LogP contribution in [0.2, 0.25) is 0 Å². The number of amides is 1. The first kappa shape index (κ1) is 14.1. The summed E-state index contributed by atoms with van der Waals surface area (Å²) >= 11 is 0. The van der Waals surface area contributed by atoms with Crippen molar-refractivity contribution in [3.8, 4) is 0 Å². The third kappa shape index (κ3) is 3.82. The second-order valence-corrected chi connectivity index (χ2v) is 4.60. The van der Waals surface area contributed by atoms with Gasteiger partial charge in [-0.3, -0.25) is 4.79 Å². The van der Waals surface area contributed by atoms with Crippen LogP contribution in [0.3, 0.4) is 0 Å². The van der Waals surface area contributed by atoms with Crippen molar-refractivity contribution in [3.63, 3.8) is 0 Å². The number of halogens is 1. The lowest BCUT2D eigenvalue weighted by Crippen LogP contribution is -2.36. The molecule has 0 heterocycles. The fourth-order valence-electron chi connectivity index (χ4n) is 2.01. The maximum absolute atomic E-state index is 13.6. The van der Waals surface area contributed by atoms with Crippen molar-refractivity contribution in [2.24, 2.45) is 5.73 Å². The van der Waals surface area contributed by atoms with Crippen LogP contribution in [0.4, 0.5) is 10.1 Å². The molecule has 0 aliphatic heterocycles. The molecular formula is C16H17FN2O. The summed E-state index contributed by atoms with van der Waals surface area (Å²) in [7, 11) is 0. The van der Waals surface area contributed by atoms with Gasteiger partial charge in [0.25, 0.3) is 0 Å². The Labute approximate surface area is 117 Å². The van der Waals surface area contributed by atoms with E-state index in [1.54, 1.807) is 18.2 Å². The van der Waals surface area contributed by atoms with E-state index in [-0.39, 0.29) is 0 Å². The summed E-state index contributed by atoms with van der Waals surface area (Å²) in [6, 6.07) is 15.5. The number of nitrogens with one attached hydrogen (secondary N) is 1. The Kier molecular flexibility index (Phi) is 4.71. The normalized spacial score (nSPS) is 11.8. The van der Waals surface area contributed by atoms with Gasteiger partial charge in [0.1, 0.15) is 11.9 Å². The molecule has 0 saturated carbocycles. The van der Waals surface area contributed by atoms with E-state index in [0.29, 0.717) is 18.5 Å². The summed E-state index contributed by atoms with van der Waals surface area (Å²) in [6.07, 6.45) is 1.23. The molecule has 0 aliphatic carbocycles. The summed E-state index contributed by atoms with van der Waals surface area (Å²) in [5.41, 5.74) is 6.79. The molecule has 0 fully saturated rings. The number of anilines is 1. The molecule has 104 valence electrons. The van der Waals surface area contributed by atoms with E-state index in [9.17, 15) is 9.18 Å². The topological polar surface area (TPSA) is 55.1 Å². The van der Waals surface area contributed by atoms with Gasteiger partial charge >= 0.3 is 0 Å². The molecule has 0 saturated heterocycles. The number of para-hydroxylation sites is 1. The van der Waals surface area contributed by atoms with Crippen molar-refractivity contribution < 1.29 is 9.18 Å². The van der Waals surface area contributed by atoms with Gasteiger partial charge < -0.3 is 11.1 Å². The molecule has 0 bridgehead atoms. The van der Waals surface area contributed by atoms with Gasteiger partial charge in [0.15, 0.2) is 0 Å². The van der Waals surface area contributed by atoms with Crippen LogP contribution >= 0.6 is 0 Å². The molecule has 2 rings (SSSR count). The Hall–Kier alpha value is -2.36. The Bertz CT molecular complexity index is 572. The second-order valence-electron chi connectivity index (χ2n) is 4.60. The van der Waals surface area contributed by atoms with E-state index in [4.69, 9.17) is 5.73 Å². The zero-order valence-electron chi connectivity index (χ0n) is 11.1. The van der Waals surface area contributed by atoms with Gasteiger partial charge in [-0.1, -0.05) is 42.5 Å². The average molecular weight is 272 g/mol. The summed E-state index contributed by atoms with van der Waals surface area (Å²) in [6.45, 7) is 0. The summed E-state index contributed by atoms with van der Waals surface area (Å²) in [5.74, 6) is -0.873. The predicted molar refractivity (Wildman–Crippen MR) is 77.8 cm³/mol. The molecule has 2 aromatic rings. The molecule has 3 N–H and O–H groups in total. The van der Waals surface area contributed by atoms with Crippen molar-refractivity contribution in [1.82, 2.24) is 0 Å². The van der Waals surface area contributed by atoms with E-state index in [1.807, 2.05) is 30.3 Å².